The van der Waals surface area contributed by atoms with Crippen molar-refractivity contribution in [3.63, 3.8) is 0 Å². The van der Waals surface area contributed by atoms with Gasteiger partial charge in [0.1, 0.15) is 5.75 Å². The summed E-state index contributed by atoms with van der Waals surface area (Å²) < 4.78 is 5.13. The number of hydrogen-bond acceptors (Lipinski definition) is 3. The predicted octanol–water partition coefficient (Wildman–Crippen LogP) is 2.75. The van der Waals surface area contributed by atoms with E-state index in [1.54, 1.807) is 7.11 Å². The van der Waals surface area contributed by atoms with Crippen molar-refractivity contribution in [2.75, 3.05) is 13.7 Å². The zero-order valence-corrected chi connectivity index (χ0v) is 14.6. The Hall–Kier alpha value is -2.04. The molecule has 1 aliphatic carbocycles. The van der Waals surface area contributed by atoms with E-state index in [4.69, 9.17) is 4.74 Å². The van der Waals surface area contributed by atoms with Crippen LogP contribution in [0.15, 0.2) is 24.3 Å². The van der Waals surface area contributed by atoms with Crippen LogP contribution in [0, 0.1) is 0 Å². The topological polar surface area (TPSA) is 67.4 Å². The van der Waals surface area contributed by atoms with Crippen molar-refractivity contribution in [2.24, 2.45) is 0 Å². The van der Waals surface area contributed by atoms with Crippen molar-refractivity contribution in [1.82, 2.24) is 10.6 Å². The minimum atomic E-state index is -0.0999. The number of hydrogen-bond donors (Lipinski definition) is 2. The molecule has 1 aliphatic rings. The zero-order valence-electron chi connectivity index (χ0n) is 14.6. The van der Waals surface area contributed by atoms with E-state index in [2.05, 4.69) is 10.6 Å². The Balaban J connectivity index is 1.70. The summed E-state index contributed by atoms with van der Waals surface area (Å²) in [5.74, 6) is 0.705. The fourth-order valence-corrected chi connectivity index (χ4v) is 3.11. The molecule has 5 heteroatoms. The third kappa shape index (κ3) is 5.87. The molecule has 132 valence electrons. The Labute approximate surface area is 144 Å². The van der Waals surface area contributed by atoms with E-state index in [1.165, 1.54) is 19.3 Å². The van der Waals surface area contributed by atoms with E-state index >= 15 is 0 Å². The minimum Gasteiger partial charge on any atom is -0.497 e. The number of carbonyl (C=O) groups excluding carboxylic acids is 2. The number of benzene rings is 1. The molecular weight excluding hydrogens is 304 g/mol. The smallest absolute Gasteiger partial charge is 0.239 e. The first kappa shape index (κ1) is 18.3. The van der Waals surface area contributed by atoms with Crippen molar-refractivity contribution in [3.8, 4) is 5.75 Å². The third-order valence-electron chi connectivity index (χ3n) is 4.59. The molecule has 0 aliphatic heterocycles. The van der Waals surface area contributed by atoms with Crippen molar-refractivity contribution in [1.29, 1.82) is 0 Å². The average molecular weight is 332 g/mol. The van der Waals surface area contributed by atoms with Crippen molar-refractivity contribution >= 4 is 11.8 Å². The molecule has 1 aromatic carbocycles. The number of nitrogens with one attached hydrogen (secondary N) is 2. The van der Waals surface area contributed by atoms with Gasteiger partial charge in [0.2, 0.25) is 11.8 Å². The minimum absolute atomic E-state index is 0.0602. The van der Waals surface area contributed by atoms with Gasteiger partial charge >= 0.3 is 0 Å². The summed E-state index contributed by atoms with van der Waals surface area (Å²) in [4.78, 5) is 23.9. The first-order valence-electron chi connectivity index (χ1n) is 8.78. The lowest BCUT2D eigenvalue weighted by atomic mass is 9.95. The largest absolute Gasteiger partial charge is 0.497 e. The van der Waals surface area contributed by atoms with Crippen LogP contribution in [0.1, 0.15) is 56.9 Å². The number of rotatable bonds is 7. The second-order valence-corrected chi connectivity index (χ2v) is 6.56. The number of carbonyl (C=O) groups is 2. The molecule has 5 nitrogen and oxygen atoms in total. The lowest BCUT2D eigenvalue weighted by molar-refractivity contribution is -0.126. The maximum atomic E-state index is 12.0. The Morgan fingerprint density at radius 3 is 2.42 bits per heavy atom. The second-order valence-electron chi connectivity index (χ2n) is 6.56. The molecule has 0 aromatic heterocycles. The van der Waals surface area contributed by atoms with E-state index in [0.29, 0.717) is 6.42 Å². The molecule has 1 aromatic rings. The summed E-state index contributed by atoms with van der Waals surface area (Å²) in [7, 11) is 1.63. The highest BCUT2D eigenvalue weighted by atomic mass is 16.5. The van der Waals surface area contributed by atoms with Crippen molar-refractivity contribution in [2.45, 2.75) is 57.4 Å². The third-order valence-corrected chi connectivity index (χ3v) is 4.59. The Kier molecular flexibility index (Phi) is 7.09. The van der Waals surface area contributed by atoms with Crippen molar-refractivity contribution in [3.05, 3.63) is 29.8 Å². The maximum Gasteiger partial charge on any atom is 0.239 e. The SMILES string of the molecule is COc1ccc(C(C)CC(=O)NCC(=O)NC2CCCCC2)cc1. The zero-order chi connectivity index (χ0) is 17.4. The molecule has 0 bridgehead atoms. The lowest BCUT2D eigenvalue weighted by Gasteiger charge is -2.22. The van der Waals surface area contributed by atoms with E-state index in [-0.39, 0.29) is 30.3 Å². The van der Waals surface area contributed by atoms with Gasteiger partial charge in [-0.2, -0.15) is 0 Å². The van der Waals surface area contributed by atoms with Gasteiger partial charge < -0.3 is 15.4 Å². The molecule has 1 atom stereocenters. The monoisotopic (exact) mass is 332 g/mol. The first-order chi connectivity index (χ1) is 11.6. The number of ether oxygens (including phenoxy) is 1. The Morgan fingerprint density at radius 1 is 1.12 bits per heavy atom. The molecule has 1 saturated carbocycles. The first-order valence-corrected chi connectivity index (χ1v) is 8.78. The fourth-order valence-electron chi connectivity index (χ4n) is 3.11. The molecule has 0 saturated heterocycles. The standard InChI is InChI=1S/C19H28N2O3/c1-14(15-8-10-17(24-2)11-9-15)12-18(22)20-13-19(23)21-16-6-4-3-5-7-16/h8-11,14,16H,3-7,12-13H2,1-2H3,(H,20,22)(H,21,23). The summed E-state index contributed by atoms with van der Waals surface area (Å²) >= 11 is 0. The van der Waals surface area contributed by atoms with Crippen LogP contribution < -0.4 is 15.4 Å². The average Bonchev–Trinajstić information content (AvgIpc) is 2.61. The van der Waals surface area contributed by atoms with Gasteiger partial charge in [-0.25, -0.2) is 0 Å². The van der Waals surface area contributed by atoms with Gasteiger partial charge in [-0.3, -0.25) is 9.59 Å². The van der Waals surface area contributed by atoms with Crippen LogP contribution in [0.4, 0.5) is 0 Å². The highest BCUT2D eigenvalue weighted by Crippen LogP contribution is 2.21. The Morgan fingerprint density at radius 2 is 1.79 bits per heavy atom. The van der Waals surface area contributed by atoms with E-state index in [1.807, 2.05) is 31.2 Å². The molecule has 24 heavy (non-hydrogen) atoms. The predicted molar refractivity (Wildman–Crippen MR) is 94.1 cm³/mol. The van der Waals surface area contributed by atoms with Crippen LogP contribution >= 0.6 is 0 Å². The fraction of sp³-hybridized carbons (Fsp3) is 0.579. The maximum absolute atomic E-state index is 12.0. The molecule has 2 rings (SSSR count). The van der Waals surface area contributed by atoms with Gasteiger partial charge in [-0.1, -0.05) is 38.3 Å². The van der Waals surface area contributed by atoms with Gasteiger partial charge in [-0.05, 0) is 36.5 Å². The van der Waals surface area contributed by atoms with Gasteiger partial charge in [-0.15, -0.1) is 0 Å². The molecule has 0 radical (unpaired) electrons. The summed E-state index contributed by atoms with van der Waals surface area (Å²) in [5.41, 5.74) is 1.08. The highest BCUT2D eigenvalue weighted by molar-refractivity contribution is 5.85. The summed E-state index contributed by atoms with van der Waals surface area (Å²) in [6, 6.07) is 7.99. The lowest BCUT2D eigenvalue weighted by Crippen LogP contribution is -2.42. The van der Waals surface area contributed by atoms with Crippen LogP contribution in [0.3, 0.4) is 0 Å². The number of amides is 2. The molecule has 0 heterocycles. The van der Waals surface area contributed by atoms with Gasteiger partial charge in [0.15, 0.2) is 0 Å². The molecule has 2 N–H and O–H groups in total. The molecular formula is C19H28N2O3. The quantitative estimate of drug-likeness (QED) is 0.807. The van der Waals surface area contributed by atoms with Gasteiger partial charge in [0.25, 0.3) is 0 Å². The van der Waals surface area contributed by atoms with Crippen LogP contribution in [-0.4, -0.2) is 31.5 Å². The second kappa shape index (κ2) is 9.30. The molecule has 0 spiro atoms. The molecule has 1 unspecified atom stereocenters. The summed E-state index contributed by atoms with van der Waals surface area (Å²) in [6.45, 7) is 2.06. The van der Waals surface area contributed by atoms with Crippen molar-refractivity contribution < 1.29 is 14.3 Å². The Bertz CT molecular complexity index is 536. The van der Waals surface area contributed by atoms with Crippen LogP contribution in [-0.2, 0) is 9.59 Å². The normalized spacial score (nSPS) is 16.2. The van der Waals surface area contributed by atoms with Gasteiger partial charge in [0, 0.05) is 12.5 Å². The number of methoxy groups -OCH3 is 1. The van der Waals surface area contributed by atoms with Crippen LogP contribution in [0.25, 0.3) is 0 Å². The van der Waals surface area contributed by atoms with E-state index in [9.17, 15) is 9.59 Å². The molecule has 2 amide bonds. The van der Waals surface area contributed by atoms with E-state index in [0.717, 1.165) is 24.2 Å². The van der Waals surface area contributed by atoms with E-state index < -0.39 is 0 Å². The summed E-state index contributed by atoms with van der Waals surface area (Å²) in [6.07, 6.45) is 6.07. The van der Waals surface area contributed by atoms with Crippen LogP contribution in [0.5, 0.6) is 5.75 Å². The highest BCUT2D eigenvalue weighted by Gasteiger charge is 2.16. The van der Waals surface area contributed by atoms with Crippen LogP contribution in [0.2, 0.25) is 0 Å². The van der Waals surface area contributed by atoms with Gasteiger partial charge in [0.05, 0.1) is 13.7 Å². The summed E-state index contributed by atoms with van der Waals surface area (Å²) in [5, 5.41) is 5.72. The molecule has 1 fully saturated rings.